The van der Waals surface area contributed by atoms with Crippen LogP contribution in [-0.2, 0) is 9.53 Å². The summed E-state index contributed by atoms with van der Waals surface area (Å²) in [5.41, 5.74) is 0.916. The number of cyclic esters (lactones) is 1. The van der Waals surface area contributed by atoms with E-state index in [1.54, 1.807) is 23.5 Å². The lowest BCUT2D eigenvalue weighted by atomic mass is 9.96. The van der Waals surface area contributed by atoms with E-state index in [2.05, 4.69) is 6.08 Å². The molecule has 1 aromatic carbocycles. The lowest BCUT2D eigenvalue weighted by molar-refractivity contribution is -0.138. The maximum atomic E-state index is 13.0. The van der Waals surface area contributed by atoms with Crippen molar-refractivity contribution < 1.29 is 13.9 Å². The molecule has 1 spiro atoms. The molecule has 2 aliphatic heterocycles. The molecule has 3 nitrogen and oxygen atoms in total. The van der Waals surface area contributed by atoms with Crippen molar-refractivity contribution in [3.05, 3.63) is 65.6 Å². The summed E-state index contributed by atoms with van der Waals surface area (Å²) in [6, 6.07) is 13.7. The highest BCUT2D eigenvalue weighted by Crippen LogP contribution is 2.56. The number of benzene rings is 1. The molecule has 24 heavy (non-hydrogen) atoms. The Morgan fingerprint density at radius 1 is 1.08 bits per heavy atom. The molecule has 0 N–H and O–H groups in total. The highest BCUT2D eigenvalue weighted by Gasteiger charge is 2.53. The average molecular weight is 358 g/mol. The van der Waals surface area contributed by atoms with Crippen molar-refractivity contribution in [1.82, 2.24) is 0 Å². The van der Waals surface area contributed by atoms with E-state index in [-0.39, 0.29) is 11.9 Å². The Hall–Kier alpha value is -1.59. The zero-order chi connectivity index (χ0) is 16.6. The van der Waals surface area contributed by atoms with E-state index in [0.29, 0.717) is 5.76 Å². The zero-order valence-corrected chi connectivity index (χ0v) is 15.0. The van der Waals surface area contributed by atoms with Crippen molar-refractivity contribution >= 4 is 35.3 Å². The van der Waals surface area contributed by atoms with Gasteiger partial charge in [0, 0.05) is 5.56 Å². The Kier molecular flexibility index (Phi) is 4.22. The second-order valence-electron chi connectivity index (χ2n) is 5.93. The fraction of sp³-hybridized carbons (Fsp3) is 0.316. The first-order valence-electron chi connectivity index (χ1n) is 8.03. The van der Waals surface area contributed by atoms with Gasteiger partial charge >= 0.3 is 5.97 Å². The van der Waals surface area contributed by atoms with Gasteiger partial charge in [-0.05, 0) is 43.1 Å². The third kappa shape index (κ3) is 2.70. The summed E-state index contributed by atoms with van der Waals surface area (Å²) < 4.78 is 11.0. The van der Waals surface area contributed by atoms with Gasteiger partial charge in [-0.1, -0.05) is 30.3 Å². The molecule has 3 heterocycles. The molecule has 1 fully saturated rings. The molecule has 0 radical (unpaired) electrons. The molecule has 2 aromatic rings. The number of ether oxygens (including phenoxy) is 1. The Labute approximate surface area is 149 Å². The van der Waals surface area contributed by atoms with Crippen LogP contribution in [0.4, 0.5) is 0 Å². The zero-order valence-electron chi connectivity index (χ0n) is 13.4. The minimum Gasteiger partial charge on any atom is -0.466 e. The number of hydrogen-bond donors (Lipinski definition) is 0. The topological polar surface area (TPSA) is 39.4 Å². The quantitative estimate of drug-likeness (QED) is 0.719. The second-order valence-corrected chi connectivity index (χ2v) is 8.87. The molecule has 0 bridgehead atoms. The number of furan rings is 1. The first-order valence-corrected chi connectivity index (χ1v) is 10.00. The molecule has 5 heteroatoms. The SMILES string of the molecule is Cc1ccc(C2C=C(c3ccccc3)OC(=O)C23SCCCS3)o1. The van der Waals surface area contributed by atoms with Gasteiger partial charge < -0.3 is 9.15 Å². The Balaban J connectivity index is 1.82. The number of carbonyl (C=O) groups is 1. The van der Waals surface area contributed by atoms with Crippen LogP contribution in [0.1, 0.15) is 29.4 Å². The highest BCUT2D eigenvalue weighted by molar-refractivity contribution is 8.20. The lowest BCUT2D eigenvalue weighted by Crippen LogP contribution is -2.43. The van der Waals surface area contributed by atoms with Gasteiger partial charge in [0.1, 0.15) is 17.3 Å². The fourth-order valence-electron chi connectivity index (χ4n) is 3.09. The van der Waals surface area contributed by atoms with Crippen molar-refractivity contribution in [2.75, 3.05) is 11.5 Å². The molecular formula is C19H18O3S2. The maximum Gasteiger partial charge on any atom is 0.339 e. The molecule has 0 saturated carbocycles. The monoisotopic (exact) mass is 358 g/mol. The predicted molar refractivity (Wildman–Crippen MR) is 99.0 cm³/mol. The summed E-state index contributed by atoms with van der Waals surface area (Å²) in [7, 11) is 0. The molecule has 0 amide bonds. The maximum absolute atomic E-state index is 13.0. The minimum absolute atomic E-state index is 0.127. The normalized spacial score (nSPS) is 23.0. The summed E-state index contributed by atoms with van der Waals surface area (Å²) in [5, 5.41) is 0. The first kappa shape index (κ1) is 15.9. The van der Waals surface area contributed by atoms with Gasteiger partial charge in [0.2, 0.25) is 0 Å². The molecule has 4 rings (SSSR count). The highest BCUT2D eigenvalue weighted by atomic mass is 32.2. The molecule has 124 valence electrons. The van der Waals surface area contributed by atoms with Crippen LogP contribution in [0.3, 0.4) is 0 Å². The third-order valence-corrected chi connectivity index (χ3v) is 7.65. The van der Waals surface area contributed by atoms with Gasteiger partial charge in [0.15, 0.2) is 4.08 Å². The van der Waals surface area contributed by atoms with E-state index < -0.39 is 4.08 Å². The van der Waals surface area contributed by atoms with E-state index in [1.807, 2.05) is 49.4 Å². The summed E-state index contributed by atoms with van der Waals surface area (Å²) in [6.07, 6.45) is 3.17. The van der Waals surface area contributed by atoms with Crippen LogP contribution in [0.25, 0.3) is 5.76 Å². The van der Waals surface area contributed by atoms with E-state index >= 15 is 0 Å². The predicted octanol–water partition coefficient (Wildman–Crippen LogP) is 4.84. The van der Waals surface area contributed by atoms with Crippen LogP contribution in [0.2, 0.25) is 0 Å². The first-order chi connectivity index (χ1) is 11.7. The van der Waals surface area contributed by atoms with Crippen LogP contribution in [-0.4, -0.2) is 21.6 Å². The second kappa shape index (κ2) is 6.37. The van der Waals surface area contributed by atoms with Gasteiger partial charge in [-0.25, -0.2) is 4.79 Å². The fourth-order valence-corrected chi connectivity index (χ4v) is 6.33. The van der Waals surface area contributed by atoms with Gasteiger partial charge in [-0.15, -0.1) is 23.5 Å². The number of esters is 1. The largest absolute Gasteiger partial charge is 0.466 e. The van der Waals surface area contributed by atoms with E-state index in [4.69, 9.17) is 9.15 Å². The van der Waals surface area contributed by atoms with E-state index in [1.165, 1.54) is 0 Å². The number of rotatable bonds is 2. The van der Waals surface area contributed by atoms with Crippen molar-refractivity contribution in [2.45, 2.75) is 23.3 Å². The third-order valence-electron chi connectivity index (χ3n) is 4.26. The summed E-state index contributed by atoms with van der Waals surface area (Å²) in [5.74, 6) is 3.95. The Morgan fingerprint density at radius 3 is 2.50 bits per heavy atom. The van der Waals surface area contributed by atoms with Gasteiger partial charge in [-0.3, -0.25) is 0 Å². The lowest BCUT2D eigenvalue weighted by Gasteiger charge is -2.40. The number of thioether (sulfide) groups is 2. The summed E-state index contributed by atoms with van der Waals surface area (Å²) in [4.78, 5) is 13.0. The number of aryl methyl sites for hydroxylation is 1. The van der Waals surface area contributed by atoms with Gasteiger partial charge in [0.25, 0.3) is 0 Å². The van der Waals surface area contributed by atoms with Gasteiger partial charge in [-0.2, -0.15) is 0 Å². The molecule has 2 aliphatic rings. The molecular weight excluding hydrogens is 340 g/mol. The minimum atomic E-state index is -0.638. The molecule has 0 aliphatic carbocycles. The number of allylic oxidation sites excluding steroid dienone is 1. The average Bonchev–Trinajstić information content (AvgIpc) is 3.05. The van der Waals surface area contributed by atoms with E-state index in [0.717, 1.165) is 35.0 Å². The standard InChI is InChI=1S/C19H18O3S2/c1-13-8-9-16(21-13)15-12-17(14-6-3-2-4-7-14)22-18(20)19(15)23-10-5-11-24-19/h2-4,6-9,12,15H,5,10-11H2,1H3. The van der Waals surface area contributed by atoms with E-state index in [9.17, 15) is 4.79 Å². The molecule has 1 atom stereocenters. The van der Waals surface area contributed by atoms with Crippen LogP contribution in [0.5, 0.6) is 0 Å². The van der Waals surface area contributed by atoms with Crippen molar-refractivity contribution in [1.29, 1.82) is 0 Å². The van der Waals surface area contributed by atoms with Crippen molar-refractivity contribution in [3.8, 4) is 0 Å². The van der Waals surface area contributed by atoms with Crippen molar-refractivity contribution in [2.24, 2.45) is 0 Å². The van der Waals surface area contributed by atoms with Crippen molar-refractivity contribution in [3.63, 3.8) is 0 Å². The number of hydrogen-bond acceptors (Lipinski definition) is 5. The van der Waals surface area contributed by atoms with Crippen LogP contribution in [0.15, 0.2) is 53.0 Å². The molecule has 1 aromatic heterocycles. The summed E-state index contributed by atoms with van der Waals surface area (Å²) >= 11 is 3.38. The van der Waals surface area contributed by atoms with Gasteiger partial charge in [0.05, 0.1) is 5.92 Å². The van der Waals surface area contributed by atoms with Crippen LogP contribution in [0, 0.1) is 6.92 Å². The Bertz CT molecular complexity index is 773. The number of carbonyl (C=O) groups excluding carboxylic acids is 1. The summed E-state index contributed by atoms with van der Waals surface area (Å²) in [6.45, 7) is 1.93. The smallest absolute Gasteiger partial charge is 0.339 e. The molecule has 1 unspecified atom stereocenters. The van der Waals surface area contributed by atoms with Crippen LogP contribution >= 0.6 is 23.5 Å². The molecule has 1 saturated heterocycles. The Morgan fingerprint density at radius 2 is 1.83 bits per heavy atom. The van der Waals surface area contributed by atoms with Crippen LogP contribution < -0.4 is 0 Å².